The Morgan fingerprint density at radius 1 is 0.980 bits per heavy atom. The summed E-state index contributed by atoms with van der Waals surface area (Å²) in [4.78, 5) is 63.8. The zero-order chi connectivity index (χ0) is 37.6. The van der Waals surface area contributed by atoms with Crippen LogP contribution < -0.4 is 16.4 Å². The number of carbonyl (C=O) groups is 4. The van der Waals surface area contributed by atoms with E-state index in [4.69, 9.17) is 10.5 Å². The summed E-state index contributed by atoms with van der Waals surface area (Å²) >= 11 is 0. The lowest BCUT2D eigenvalue weighted by atomic mass is 9.93. The van der Waals surface area contributed by atoms with E-state index in [2.05, 4.69) is 20.6 Å². The Morgan fingerprint density at radius 3 is 2.20 bits per heavy atom. The number of aliphatic hydroxyl groups is 1. The molecule has 0 aliphatic rings. The highest BCUT2D eigenvalue weighted by atomic mass is 16.6. The number of aromatic amines is 1. The van der Waals surface area contributed by atoms with Crippen LogP contribution in [0.25, 0.3) is 0 Å². The molecule has 12 nitrogen and oxygen atoms in total. The van der Waals surface area contributed by atoms with Gasteiger partial charge in [-0.05, 0) is 50.7 Å². The van der Waals surface area contributed by atoms with Gasteiger partial charge < -0.3 is 36.1 Å². The number of benzene rings is 2. The predicted molar refractivity (Wildman–Crippen MR) is 196 cm³/mol. The standard InChI is InChI=1S/C39H56N6O6/c1-7-8-19-33(46)35(28-17-13-10-14-18-28)45(37(49)32(21-27-15-11-9-12-16-27)44-38(50)51-39(4,5)6)24-34(47)31(20-26(2)3)43-36(48)30(40)22-29-23-41-25-42-29/h9-18,23,25-26,30-32,34-35,47H,7-8,19-22,24,40H2,1-6H3,(H,41,42)(H,43,48)(H,44,50)/t30-,31-,32-,34?,35?/m0/s1. The third-order valence-electron chi connectivity index (χ3n) is 8.30. The number of aliphatic hydroxyl groups excluding tert-OH is 1. The Labute approximate surface area is 301 Å². The number of ether oxygens (including phenoxy) is 1. The number of nitrogens with two attached hydrogens (primary N) is 1. The van der Waals surface area contributed by atoms with Gasteiger partial charge in [0.1, 0.15) is 17.7 Å². The molecule has 51 heavy (non-hydrogen) atoms. The maximum atomic E-state index is 14.9. The molecule has 12 heteroatoms. The van der Waals surface area contributed by atoms with Crippen molar-refractivity contribution in [1.82, 2.24) is 25.5 Å². The van der Waals surface area contributed by atoms with Crippen molar-refractivity contribution in [3.05, 3.63) is 90.0 Å². The largest absolute Gasteiger partial charge is 0.444 e. The summed E-state index contributed by atoms with van der Waals surface area (Å²) < 4.78 is 5.55. The molecule has 6 N–H and O–H groups in total. The number of unbranched alkanes of at least 4 members (excludes halogenated alkanes) is 1. The molecule has 0 aliphatic carbocycles. The van der Waals surface area contributed by atoms with Crippen molar-refractivity contribution in [3.8, 4) is 0 Å². The second kappa shape index (κ2) is 19.7. The zero-order valence-electron chi connectivity index (χ0n) is 30.8. The van der Waals surface area contributed by atoms with Gasteiger partial charge in [0.25, 0.3) is 0 Å². The molecule has 0 fully saturated rings. The molecule has 0 aliphatic heterocycles. The first kappa shape index (κ1) is 40.9. The second-order valence-corrected chi connectivity index (χ2v) is 14.5. The molecule has 1 heterocycles. The molecule has 3 amide bonds. The predicted octanol–water partition coefficient (Wildman–Crippen LogP) is 4.64. The smallest absolute Gasteiger partial charge is 0.408 e. The van der Waals surface area contributed by atoms with Gasteiger partial charge >= 0.3 is 6.09 Å². The highest BCUT2D eigenvalue weighted by molar-refractivity contribution is 5.93. The van der Waals surface area contributed by atoms with E-state index in [1.807, 2.05) is 57.2 Å². The minimum atomic E-state index is -1.30. The Hall–Kier alpha value is -4.55. The van der Waals surface area contributed by atoms with Gasteiger partial charge in [-0.3, -0.25) is 14.4 Å². The molecule has 1 aromatic heterocycles. The van der Waals surface area contributed by atoms with Gasteiger partial charge in [0.05, 0.1) is 24.5 Å². The number of hydrogen-bond donors (Lipinski definition) is 5. The normalized spacial score (nSPS) is 14.5. The van der Waals surface area contributed by atoms with Crippen molar-refractivity contribution < 1.29 is 29.0 Å². The first-order valence-electron chi connectivity index (χ1n) is 17.8. The van der Waals surface area contributed by atoms with Crippen LogP contribution in [0.4, 0.5) is 4.79 Å². The quantitative estimate of drug-likeness (QED) is 0.120. The monoisotopic (exact) mass is 704 g/mol. The van der Waals surface area contributed by atoms with Gasteiger partial charge in [-0.15, -0.1) is 0 Å². The van der Waals surface area contributed by atoms with Crippen molar-refractivity contribution >= 4 is 23.7 Å². The minimum Gasteiger partial charge on any atom is -0.444 e. The Kier molecular flexibility index (Phi) is 15.8. The van der Waals surface area contributed by atoms with Gasteiger partial charge in [0, 0.05) is 37.7 Å². The summed E-state index contributed by atoms with van der Waals surface area (Å²) in [5.74, 6) is -1.20. The number of ketones is 1. The lowest BCUT2D eigenvalue weighted by Gasteiger charge is -2.38. The molecule has 2 unspecified atom stereocenters. The van der Waals surface area contributed by atoms with Crippen LogP contribution in [0.15, 0.2) is 73.2 Å². The van der Waals surface area contributed by atoms with Crippen molar-refractivity contribution in [2.24, 2.45) is 11.7 Å². The van der Waals surface area contributed by atoms with Gasteiger partial charge in [0.2, 0.25) is 11.8 Å². The fourth-order valence-corrected chi connectivity index (χ4v) is 5.85. The number of Topliss-reactive ketones (excluding diaryl/α,β-unsaturated/α-hetero) is 1. The number of alkyl carbamates (subject to hydrolysis) is 1. The van der Waals surface area contributed by atoms with E-state index in [0.717, 1.165) is 12.0 Å². The molecule has 0 radical (unpaired) electrons. The number of rotatable bonds is 19. The summed E-state index contributed by atoms with van der Waals surface area (Å²) in [6.45, 7) is 10.8. The number of H-pyrrole nitrogens is 1. The molecule has 2 aromatic carbocycles. The molecule has 3 aromatic rings. The third kappa shape index (κ3) is 13.6. The molecule has 0 saturated carbocycles. The third-order valence-corrected chi connectivity index (χ3v) is 8.30. The Balaban J connectivity index is 2.06. The number of amides is 3. The summed E-state index contributed by atoms with van der Waals surface area (Å²) in [7, 11) is 0. The first-order valence-corrected chi connectivity index (χ1v) is 17.8. The van der Waals surface area contributed by atoms with Crippen LogP contribution in [0.2, 0.25) is 0 Å². The molecule has 5 atom stereocenters. The van der Waals surface area contributed by atoms with Crippen LogP contribution in [-0.2, 0) is 32.0 Å². The van der Waals surface area contributed by atoms with Crippen molar-refractivity contribution in [1.29, 1.82) is 0 Å². The Bertz CT molecular complexity index is 1510. The van der Waals surface area contributed by atoms with E-state index in [9.17, 15) is 24.3 Å². The lowest BCUT2D eigenvalue weighted by molar-refractivity contribution is -0.144. The van der Waals surface area contributed by atoms with Crippen molar-refractivity contribution in [2.45, 2.75) is 116 Å². The fourth-order valence-electron chi connectivity index (χ4n) is 5.85. The van der Waals surface area contributed by atoms with Gasteiger partial charge in [-0.1, -0.05) is 87.9 Å². The van der Waals surface area contributed by atoms with E-state index in [1.165, 1.54) is 11.2 Å². The average molecular weight is 705 g/mol. The molecule has 3 rings (SSSR count). The van der Waals surface area contributed by atoms with Crippen molar-refractivity contribution in [3.63, 3.8) is 0 Å². The number of carbonyl (C=O) groups excluding carboxylic acids is 4. The topological polar surface area (TPSA) is 180 Å². The van der Waals surface area contributed by atoms with Crippen LogP contribution in [-0.4, -0.2) is 80.0 Å². The number of aromatic nitrogens is 2. The minimum absolute atomic E-state index is 0.0497. The van der Waals surface area contributed by atoms with E-state index in [-0.39, 0.29) is 37.5 Å². The maximum absolute atomic E-state index is 14.9. The summed E-state index contributed by atoms with van der Waals surface area (Å²) in [6.07, 6.45) is 3.26. The Morgan fingerprint density at radius 2 is 1.63 bits per heavy atom. The zero-order valence-corrected chi connectivity index (χ0v) is 30.8. The number of nitrogens with one attached hydrogen (secondary N) is 3. The molecular formula is C39H56N6O6. The van der Waals surface area contributed by atoms with Crippen LogP contribution >= 0.6 is 0 Å². The second-order valence-electron chi connectivity index (χ2n) is 14.5. The molecule has 278 valence electrons. The van der Waals surface area contributed by atoms with Crippen LogP contribution in [0, 0.1) is 5.92 Å². The van der Waals surface area contributed by atoms with E-state index in [0.29, 0.717) is 24.1 Å². The van der Waals surface area contributed by atoms with Crippen LogP contribution in [0.5, 0.6) is 0 Å². The lowest BCUT2D eigenvalue weighted by Crippen LogP contribution is -2.57. The van der Waals surface area contributed by atoms with Gasteiger partial charge in [-0.2, -0.15) is 0 Å². The molecular weight excluding hydrogens is 648 g/mol. The van der Waals surface area contributed by atoms with Crippen LogP contribution in [0.1, 0.15) is 90.1 Å². The number of imidazole rings is 1. The van der Waals surface area contributed by atoms with Gasteiger partial charge in [-0.25, -0.2) is 9.78 Å². The highest BCUT2D eigenvalue weighted by Gasteiger charge is 2.39. The molecule has 0 spiro atoms. The molecule has 0 saturated heterocycles. The average Bonchev–Trinajstić information content (AvgIpc) is 3.59. The summed E-state index contributed by atoms with van der Waals surface area (Å²) in [5, 5.41) is 17.6. The summed E-state index contributed by atoms with van der Waals surface area (Å²) in [5.41, 5.74) is 7.45. The first-order chi connectivity index (χ1) is 24.2. The van der Waals surface area contributed by atoms with E-state index >= 15 is 0 Å². The SMILES string of the molecule is CCCCC(=O)C(c1ccccc1)N(CC(O)[C@H](CC(C)C)NC(=O)[C@@H](N)Cc1cnc[nH]1)C(=O)[C@H](Cc1ccccc1)NC(=O)OC(C)(C)C. The fraction of sp³-hybridized carbons (Fsp3) is 0.513. The highest BCUT2D eigenvalue weighted by Crippen LogP contribution is 2.27. The maximum Gasteiger partial charge on any atom is 0.408 e. The summed E-state index contributed by atoms with van der Waals surface area (Å²) in [6, 6.07) is 14.2. The molecule has 0 bridgehead atoms. The number of nitrogens with zero attached hydrogens (tertiary/aromatic N) is 2. The van der Waals surface area contributed by atoms with Crippen molar-refractivity contribution in [2.75, 3.05) is 6.54 Å². The van der Waals surface area contributed by atoms with E-state index in [1.54, 1.807) is 51.2 Å². The van der Waals surface area contributed by atoms with Crippen LogP contribution in [0.3, 0.4) is 0 Å². The number of hydrogen-bond acceptors (Lipinski definition) is 8. The van der Waals surface area contributed by atoms with E-state index < -0.39 is 53.8 Å². The van der Waals surface area contributed by atoms with Gasteiger partial charge in [0.15, 0.2) is 5.78 Å².